The molecule has 0 radical (unpaired) electrons. The Bertz CT molecular complexity index is 1540. The molecular formula is C27H26N6O2. The van der Waals surface area contributed by atoms with Gasteiger partial charge in [0.15, 0.2) is 0 Å². The van der Waals surface area contributed by atoms with E-state index in [-0.39, 0.29) is 23.9 Å². The molecule has 0 aliphatic rings. The Balaban J connectivity index is 1.31. The van der Waals surface area contributed by atoms with Crippen molar-refractivity contribution in [3.8, 4) is 0 Å². The van der Waals surface area contributed by atoms with Gasteiger partial charge in [0.2, 0.25) is 5.91 Å². The first-order valence-electron chi connectivity index (χ1n) is 11.7. The van der Waals surface area contributed by atoms with Crippen molar-refractivity contribution in [2.45, 2.75) is 31.8 Å². The van der Waals surface area contributed by atoms with E-state index in [2.05, 4.69) is 15.6 Å². The van der Waals surface area contributed by atoms with Gasteiger partial charge in [-0.25, -0.2) is 9.67 Å². The summed E-state index contributed by atoms with van der Waals surface area (Å²) in [6, 6.07) is 24.8. The first-order valence-corrected chi connectivity index (χ1v) is 11.7. The highest BCUT2D eigenvalue weighted by Gasteiger charge is 2.21. The van der Waals surface area contributed by atoms with E-state index >= 15 is 0 Å². The Kier molecular flexibility index (Phi) is 6.34. The van der Waals surface area contributed by atoms with Crippen LogP contribution in [0, 0.1) is 0 Å². The van der Waals surface area contributed by atoms with E-state index in [9.17, 15) is 9.59 Å². The lowest BCUT2D eigenvalue weighted by molar-refractivity contribution is -0.122. The van der Waals surface area contributed by atoms with Crippen LogP contribution in [0.15, 0.2) is 83.7 Å². The van der Waals surface area contributed by atoms with Gasteiger partial charge < -0.3 is 9.88 Å². The van der Waals surface area contributed by atoms with Crippen LogP contribution in [0.25, 0.3) is 21.9 Å². The highest BCUT2D eigenvalue weighted by atomic mass is 16.1. The summed E-state index contributed by atoms with van der Waals surface area (Å²) >= 11 is 0. The van der Waals surface area contributed by atoms with Crippen molar-refractivity contribution in [1.29, 1.82) is 0 Å². The predicted molar refractivity (Wildman–Crippen MR) is 135 cm³/mol. The molecule has 8 nitrogen and oxygen atoms in total. The Morgan fingerprint density at radius 2 is 1.66 bits per heavy atom. The molecule has 2 aromatic heterocycles. The Hall–Kier alpha value is -4.33. The average molecular weight is 467 g/mol. The lowest BCUT2D eigenvalue weighted by Gasteiger charge is -2.19. The highest BCUT2D eigenvalue weighted by molar-refractivity contribution is 5.78. The molecule has 0 aliphatic carbocycles. The van der Waals surface area contributed by atoms with Crippen LogP contribution in [0.1, 0.15) is 30.3 Å². The summed E-state index contributed by atoms with van der Waals surface area (Å²) < 4.78 is 3.36. The van der Waals surface area contributed by atoms with E-state index in [0.29, 0.717) is 30.3 Å². The Morgan fingerprint density at radius 3 is 2.46 bits per heavy atom. The number of rotatable bonds is 8. The summed E-state index contributed by atoms with van der Waals surface area (Å²) in [5, 5.41) is 11.8. The second-order valence-corrected chi connectivity index (χ2v) is 8.57. The number of fused-ring (bicyclic) bond motifs is 2. The second-order valence-electron chi connectivity index (χ2n) is 8.57. The van der Waals surface area contributed by atoms with Gasteiger partial charge in [0.05, 0.1) is 22.5 Å². The number of aromatic nitrogens is 5. The van der Waals surface area contributed by atoms with E-state index in [0.717, 1.165) is 22.4 Å². The third-order valence-corrected chi connectivity index (χ3v) is 6.15. The zero-order valence-electron chi connectivity index (χ0n) is 19.5. The first kappa shape index (κ1) is 22.5. The molecule has 0 bridgehead atoms. The lowest BCUT2D eigenvalue weighted by atomic mass is 10.0. The largest absolute Gasteiger partial charge is 0.346 e. The Morgan fingerprint density at radius 1 is 0.943 bits per heavy atom. The summed E-state index contributed by atoms with van der Waals surface area (Å²) in [6.07, 6.45) is 1.36. The molecule has 0 spiro atoms. The molecule has 3 aromatic carbocycles. The third kappa shape index (κ3) is 4.82. The molecular weight excluding hydrogens is 440 g/mol. The molecule has 5 rings (SSSR count). The van der Waals surface area contributed by atoms with Gasteiger partial charge in [-0.05, 0) is 42.7 Å². The van der Waals surface area contributed by atoms with Crippen molar-refractivity contribution in [2.24, 2.45) is 7.05 Å². The van der Waals surface area contributed by atoms with Gasteiger partial charge in [-0.1, -0.05) is 59.8 Å². The number of nitrogens with zero attached hydrogens (tertiary/aromatic N) is 5. The molecule has 0 saturated carbocycles. The summed E-state index contributed by atoms with van der Waals surface area (Å²) in [6.45, 7) is 0.319. The van der Waals surface area contributed by atoms with Crippen LogP contribution < -0.4 is 10.9 Å². The fraction of sp³-hybridized carbons (Fsp3) is 0.222. The van der Waals surface area contributed by atoms with E-state index in [1.54, 1.807) is 18.2 Å². The number of aryl methyl sites for hydroxylation is 2. The van der Waals surface area contributed by atoms with Crippen molar-refractivity contribution in [3.63, 3.8) is 0 Å². The van der Waals surface area contributed by atoms with Gasteiger partial charge in [0, 0.05) is 20.0 Å². The van der Waals surface area contributed by atoms with Gasteiger partial charge in [-0.2, -0.15) is 0 Å². The molecule has 0 aliphatic heterocycles. The molecule has 5 aromatic rings. The number of benzene rings is 3. The zero-order chi connectivity index (χ0) is 24.2. The Labute approximate surface area is 202 Å². The van der Waals surface area contributed by atoms with Crippen molar-refractivity contribution in [2.75, 3.05) is 0 Å². The average Bonchev–Trinajstić information content (AvgIpc) is 3.22. The minimum Gasteiger partial charge on any atom is -0.346 e. The predicted octanol–water partition coefficient (Wildman–Crippen LogP) is 3.56. The van der Waals surface area contributed by atoms with Gasteiger partial charge >= 0.3 is 0 Å². The number of hydrogen-bond donors (Lipinski definition) is 1. The third-order valence-electron chi connectivity index (χ3n) is 6.15. The second kappa shape index (κ2) is 9.89. The molecule has 8 heteroatoms. The van der Waals surface area contributed by atoms with Crippen LogP contribution in [-0.2, 0) is 24.8 Å². The highest BCUT2D eigenvalue weighted by Crippen LogP contribution is 2.23. The summed E-state index contributed by atoms with van der Waals surface area (Å²) in [4.78, 5) is 30.4. The fourth-order valence-electron chi connectivity index (χ4n) is 4.36. The van der Waals surface area contributed by atoms with Crippen LogP contribution in [0.5, 0.6) is 0 Å². The number of amides is 1. The number of imidazole rings is 1. The van der Waals surface area contributed by atoms with Crippen molar-refractivity contribution in [3.05, 3.63) is 101 Å². The van der Waals surface area contributed by atoms with E-state index in [1.807, 2.05) is 72.3 Å². The number of nitrogens with one attached hydrogen (secondary N) is 1. The van der Waals surface area contributed by atoms with E-state index < -0.39 is 0 Å². The van der Waals surface area contributed by atoms with Crippen LogP contribution >= 0.6 is 0 Å². The fourth-order valence-corrected chi connectivity index (χ4v) is 4.36. The van der Waals surface area contributed by atoms with Gasteiger partial charge in [-0.3, -0.25) is 9.59 Å². The van der Waals surface area contributed by atoms with Crippen LogP contribution in [-0.4, -0.2) is 30.5 Å². The van der Waals surface area contributed by atoms with Crippen molar-refractivity contribution in [1.82, 2.24) is 29.9 Å². The maximum atomic E-state index is 13.0. The quantitative estimate of drug-likeness (QED) is 0.377. The maximum Gasteiger partial charge on any atom is 0.277 e. The summed E-state index contributed by atoms with van der Waals surface area (Å²) in [5.74, 6) is 0.708. The molecule has 1 amide bonds. The molecule has 35 heavy (non-hydrogen) atoms. The van der Waals surface area contributed by atoms with Crippen molar-refractivity contribution >= 4 is 27.8 Å². The van der Waals surface area contributed by atoms with Gasteiger partial charge in [-0.15, -0.1) is 5.10 Å². The van der Waals surface area contributed by atoms with Crippen LogP contribution in [0.4, 0.5) is 0 Å². The maximum absolute atomic E-state index is 13.0. The smallest absolute Gasteiger partial charge is 0.277 e. The standard InChI is InChI=1S/C27H26N6O2/c1-32-24-15-8-7-14-22(24)29-26(32)23(18-19-10-3-2-4-11-19)28-25(34)16-9-17-33-27(35)20-12-5-6-13-21(20)30-31-33/h2-8,10-15,23H,9,16-18H2,1H3,(H,28,34). The van der Waals surface area contributed by atoms with E-state index in [1.165, 1.54) is 4.68 Å². The number of para-hydroxylation sites is 2. The van der Waals surface area contributed by atoms with Crippen LogP contribution in [0.3, 0.4) is 0 Å². The van der Waals surface area contributed by atoms with Crippen molar-refractivity contribution < 1.29 is 4.79 Å². The molecule has 1 unspecified atom stereocenters. The zero-order valence-corrected chi connectivity index (χ0v) is 19.5. The summed E-state index contributed by atoms with van der Waals surface area (Å²) in [7, 11) is 1.97. The molecule has 2 heterocycles. The molecule has 0 saturated heterocycles. The lowest BCUT2D eigenvalue weighted by Crippen LogP contribution is -2.32. The van der Waals surface area contributed by atoms with Crippen LogP contribution in [0.2, 0.25) is 0 Å². The monoisotopic (exact) mass is 466 g/mol. The molecule has 176 valence electrons. The molecule has 1 atom stereocenters. The van der Waals surface area contributed by atoms with Gasteiger partial charge in [0.1, 0.15) is 11.3 Å². The first-order chi connectivity index (χ1) is 17.1. The minimum atomic E-state index is -0.287. The normalized spacial score (nSPS) is 12.1. The molecule has 1 N–H and O–H groups in total. The number of carbonyl (C=O) groups is 1. The minimum absolute atomic E-state index is 0.0974. The molecule has 0 fully saturated rings. The van der Waals surface area contributed by atoms with Gasteiger partial charge in [0.25, 0.3) is 5.56 Å². The number of carbonyl (C=O) groups excluding carboxylic acids is 1. The topological polar surface area (TPSA) is 94.7 Å². The van der Waals surface area contributed by atoms with E-state index in [4.69, 9.17) is 4.98 Å². The SMILES string of the molecule is Cn1c(C(Cc2ccccc2)NC(=O)CCCn2nnc3ccccc3c2=O)nc2ccccc21. The number of hydrogen-bond acceptors (Lipinski definition) is 5. The summed E-state index contributed by atoms with van der Waals surface area (Å²) in [5.41, 5.74) is 3.40.